The summed E-state index contributed by atoms with van der Waals surface area (Å²) in [6.45, 7) is 0.0861. The van der Waals surface area contributed by atoms with Crippen LogP contribution in [0.4, 0.5) is 13.2 Å². The van der Waals surface area contributed by atoms with Crippen LogP contribution < -0.4 is 5.32 Å². The van der Waals surface area contributed by atoms with Crippen molar-refractivity contribution in [1.29, 1.82) is 0 Å². The molecule has 0 aromatic carbocycles. The van der Waals surface area contributed by atoms with Gasteiger partial charge >= 0.3 is 12.1 Å². The largest absolute Gasteiger partial charge is 0.480 e. The molecule has 1 rings (SSSR count). The smallest absolute Gasteiger partial charge is 0.393 e. The second-order valence-corrected chi connectivity index (χ2v) is 4.17. The number of carboxylic acids is 1. The fraction of sp³-hybridized carbons (Fsp3) is 0.889. The molecule has 1 aliphatic heterocycles. The quantitative estimate of drug-likeness (QED) is 0.753. The average Bonchev–Trinajstić information content (AvgIpc) is 2.49. The molecule has 94 valence electrons. The third kappa shape index (κ3) is 3.97. The summed E-state index contributed by atoms with van der Waals surface area (Å²) in [6, 6.07) is -0.282. The molecular formula is C9H15F3N2O2. The van der Waals surface area contributed by atoms with Gasteiger partial charge in [0.05, 0.1) is 12.5 Å². The Bertz CT molecular complexity index is 258. The van der Waals surface area contributed by atoms with E-state index in [9.17, 15) is 18.0 Å². The normalized spacial score (nSPS) is 26.3. The van der Waals surface area contributed by atoms with E-state index in [-0.39, 0.29) is 25.6 Å². The van der Waals surface area contributed by atoms with E-state index in [4.69, 9.17) is 5.11 Å². The molecule has 2 unspecified atom stereocenters. The molecule has 7 heteroatoms. The lowest BCUT2D eigenvalue weighted by Gasteiger charge is -2.19. The number of hydrogen-bond donors (Lipinski definition) is 2. The molecule has 0 aliphatic carbocycles. The van der Waals surface area contributed by atoms with Gasteiger partial charge in [-0.3, -0.25) is 9.69 Å². The Labute approximate surface area is 91.4 Å². The first-order chi connectivity index (χ1) is 7.29. The van der Waals surface area contributed by atoms with Gasteiger partial charge in [0.2, 0.25) is 0 Å². The summed E-state index contributed by atoms with van der Waals surface area (Å²) in [5, 5.41) is 11.3. The number of nitrogens with one attached hydrogen (secondary N) is 1. The number of carbonyl (C=O) groups is 1. The molecular weight excluding hydrogens is 225 g/mol. The third-order valence-corrected chi connectivity index (χ3v) is 2.62. The first-order valence-electron chi connectivity index (χ1n) is 4.99. The summed E-state index contributed by atoms with van der Waals surface area (Å²) in [6.07, 6.45) is -4.14. The van der Waals surface area contributed by atoms with E-state index in [2.05, 4.69) is 5.32 Å². The Morgan fingerprint density at radius 2 is 2.19 bits per heavy atom. The Morgan fingerprint density at radius 3 is 2.62 bits per heavy atom. The van der Waals surface area contributed by atoms with Crippen molar-refractivity contribution in [2.75, 3.05) is 26.7 Å². The predicted octanol–water partition coefficient (Wildman–Crippen LogP) is 0.543. The molecule has 1 fully saturated rings. The molecule has 0 spiro atoms. The number of likely N-dealkylation sites (N-methyl/N-ethyl adjacent to an activating group) is 1. The van der Waals surface area contributed by atoms with Crippen molar-refractivity contribution in [3.63, 3.8) is 0 Å². The lowest BCUT2D eigenvalue weighted by Crippen LogP contribution is -2.37. The number of nitrogens with zero attached hydrogens (tertiary/aromatic N) is 1. The van der Waals surface area contributed by atoms with Crippen LogP contribution in [0, 0.1) is 5.92 Å². The zero-order chi connectivity index (χ0) is 12.3. The van der Waals surface area contributed by atoms with E-state index >= 15 is 0 Å². The summed E-state index contributed by atoms with van der Waals surface area (Å²) in [7, 11) is 1.58. The van der Waals surface area contributed by atoms with Crippen LogP contribution in [0.5, 0.6) is 0 Å². The maximum atomic E-state index is 12.3. The molecule has 0 bridgehead atoms. The second kappa shape index (κ2) is 5.01. The van der Waals surface area contributed by atoms with Gasteiger partial charge in [-0.25, -0.2) is 0 Å². The highest BCUT2D eigenvalue weighted by Crippen LogP contribution is 2.32. The second-order valence-electron chi connectivity index (χ2n) is 4.17. The minimum Gasteiger partial charge on any atom is -0.480 e. The third-order valence-electron chi connectivity index (χ3n) is 2.62. The van der Waals surface area contributed by atoms with Crippen LogP contribution in [0.15, 0.2) is 0 Å². The molecule has 0 aromatic heterocycles. The Balaban J connectivity index is 2.34. The number of halogens is 3. The zero-order valence-electron chi connectivity index (χ0n) is 8.92. The molecule has 1 aliphatic rings. The van der Waals surface area contributed by atoms with Crippen molar-refractivity contribution >= 4 is 5.97 Å². The van der Waals surface area contributed by atoms with Crippen molar-refractivity contribution in [3.8, 4) is 0 Å². The van der Waals surface area contributed by atoms with Crippen LogP contribution >= 0.6 is 0 Å². The van der Waals surface area contributed by atoms with Gasteiger partial charge in [-0.05, 0) is 13.5 Å². The van der Waals surface area contributed by atoms with Gasteiger partial charge in [-0.1, -0.05) is 0 Å². The lowest BCUT2D eigenvalue weighted by molar-refractivity contribution is -0.169. The predicted molar refractivity (Wildman–Crippen MR) is 51.1 cm³/mol. The maximum Gasteiger partial charge on any atom is 0.393 e. The van der Waals surface area contributed by atoms with Crippen LogP contribution in [-0.2, 0) is 4.79 Å². The lowest BCUT2D eigenvalue weighted by atomic mass is 10.1. The van der Waals surface area contributed by atoms with Crippen molar-refractivity contribution in [3.05, 3.63) is 0 Å². The van der Waals surface area contributed by atoms with Gasteiger partial charge in [0, 0.05) is 19.1 Å². The zero-order valence-corrected chi connectivity index (χ0v) is 8.92. The molecule has 2 atom stereocenters. The minimum atomic E-state index is -4.16. The molecule has 0 aromatic rings. The summed E-state index contributed by atoms with van der Waals surface area (Å²) in [4.78, 5) is 11.9. The highest BCUT2D eigenvalue weighted by atomic mass is 19.4. The first kappa shape index (κ1) is 13.2. The topological polar surface area (TPSA) is 52.6 Å². The van der Waals surface area contributed by atoms with Gasteiger partial charge in [-0.2, -0.15) is 13.2 Å². The van der Waals surface area contributed by atoms with Gasteiger partial charge in [0.1, 0.15) is 0 Å². The van der Waals surface area contributed by atoms with E-state index in [0.717, 1.165) is 0 Å². The number of carboxylic acid groups (broad SMARTS) is 1. The van der Waals surface area contributed by atoms with Crippen molar-refractivity contribution in [2.45, 2.75) is 18.6 Å². The molecule has 16 heavy (non-hydrogen) atoms. The highest BCUT2D eigenvalue weighted by Gasteiger charge is 2.44. The Hall–Kier alpha value is -0.820. The molecule has 0 radical (unpaired) electrons. The monoisotopic (exact) mass is 240 g/mol. The first-order valence-corrected chi connectivity index (χ1v) is 4.99. The van der Waals surface area contributed by atoms with Crippen LogP contribution in [0.3, 0.4) is 0 Å². The fourth-order valence-electron chi connectivity index (χ4n) is 1.88. The van der Waals surface area contributed by atoms with Crippen LogP contribution in [-0.4, -0.2) is 54.9 Å². The number of aliphatic carboxylic acids is 1. The van der Waals surface area contributed by atoms with Gasteiger partial charge in [0.25, 0.3) is 0 Å². The maximum absolute atomic E-state index is 12.3. The standard InChI is InChI=1S/C9H15F3N2O2/c1-14(5-8(15)16)4-7-2-6(3-13-7)9(10,11)12/h6-7,13H,2-5H2,1H3,(H,15,16). The van der Waals surface area contributed by atoms with Crippen molar-refractivity contribution < 1.29 is 23.1 Å². The molecule has 4 nitrogen and oxygen atoms in total. The number of rotatable bonds is 4. The summed E-state index contributed by atoms with van der Waals surface area (Å²) in [5.74, 6) is -2.29. The fourth-order valence-corrected chi connectivity index (χ4v) is 1.88. The van der Waals surface area contributed by atoms with Crippen molar-refractivity contribution in [2.24, 2.45) is 5.92 Å². The SMILES string of the molecule is CN(CC(=O)O)CC1CC(C(F)(F)F)CN1. The summed E-state index contributed by atoms with van der Waals surface area (Å²) < 4.78 is 37.0. The van der Waals surface area contributed by atoms with Gasteiger partial charge in [0.15, 0.2) is 0 Å². The summed E-state index contributed by atoms with van der Waals surface area (Å²) in [5.41, 5.74) is 0. The number of alkyl halides is 3. The van der Waals surface area contributed by atoms with E-state index in [1.165, 1.54) is 4.90 Å². The average molecular weight is 240 g/mol. The Kier molecular flexibility index (Phi) is 4.15. The molecule has 1 saturated heterocycles. The Morgan fingerprint density at radius 1 is 1.56 bits per heavy atom. The van der Waals surface area contributed by atoms with E-state index in [1.54, 1.807) is 7.05 Å². The van der Waals surface area contributed by atoms with E-state index in [0.29, 0.717) is 6.54 Å². The van der Waals surface area contributed by atoms with Crippen LogP contribution in [0.2, 0.25) is 0 Å². The van der Waals surface area contributed by atoms with E-state index in [1.807, 2.05) is 0 Å². The van der Waals surface area contributed by atoms with Crippen molar-refractivity contribution in [1.82, 2.24) is 10.2 Å². The molecule has 1 heterocycles. The van der Waals surface area contributed by atoms with Gasteiger partial charge in [-0.15, -0.1) is 0 Å². The van der Waals surface area contributed by atoms with Gasteiger partial charge < -0.3 is 10.4 Å². The molecule has 0 amide bonds. The summed E-state index contributed by atoms with van der Waals surface area (Å²) >= 11 is 0. The van der Waals surface area contributed by atoms with E-state index < -0.39 is 18.1 Å². The number of hydrogen-bond acceptors (Lipinski definition) is 3. The highest BCUT2D eigenvalue weighted by molar-refractivity contribution is 5.69. The minimum absolute atomic E-state index is 0.0213. The molecule has 0 saturated carbocycles. The van der Waals surface area contributed by atoms with Crippen LogP contribution in [0.25, 0.3) is 0 Å². The molecule has 2 N–H and O–H groups in total. The van der Waals surface area contributed by atoms with Crippen LogP contribution in [0.1, 0.15) is 6.42 Å².